The molecule has 0 saturated heterocycles. The number of thioether (sulfide) groups is 1. The Kier molecular flexibility index (Phi) is 4.94. The second kappa shape index (κ2) is 7.69. The maximum Gasteiger partial charge on any atom is 0.249 e. The summed E-state index contributed by atoms with van der Waals surface area (Å²) < 4.78 is 20.6. The van der Waals surface area contributed by atoms with E-state index in [0.717, 1.165) is 5.56 Å². The van der Waals surface area contributed by atoms with Crippen LogP contribution in [0.4, 0.5) is 4.39 Å². The highest BCUT2D eigenvalue weighted by Crippen LogP contribution is 2.30. The lowest BCUT2D eigenvalue weighted by molar-refractivity contribution is 0.0999. The molecule has 28 heavy (non-hydrogen) atoms. The van der Waals surface area contributed by atoms with Crippen LogP contribution in [0.3, 0.4) is 0 Å². The molecule has 0 saturated carbocycles. The van der Waals surface area contributed by atoms with Gasteiger partial charge in [0.2, 0.25) is 11.7 Å². The Morgan fingerprint density at radius 1 is 1.07 bits per heavy atom. The Morgan fingerprint density at radius 2 is 1.86 bits per heavy atom. The van der Waals surface area contributed by atoms with Crippen LogP contribution in [0.5, 0.6) is 0 Å². The molecular formula is C20H15FN4O2S. The van der Waals surface area contributed by atoms with Crippen LogP contribution < -0.4 is 5.73 Å². The fourth-order valence-electron chi connectivity index (χ4n) is 2.78. The molecule has 1 amide bonds. The standard InChI is InChI=1S/C20H15FN4O2S/c21-14-7-9-15(10-8-14)25-19(17-6-3-11-27-17)23-24-20(25)28-12-13-4-1-2-5-16(13)18(22)26/h1-11H,12H2,(H2,22,26). The number of furan rings is 1. The van der Waals surface area contributed by atoms with E-state index in [1.165, 1.54) is 23.9 Å². The number of nitrogens with two attached hydrogens (primary N) is 1. The molecule has 0 spiro atoms. The van der Waals surface area contributed by atoms with Gasteiger partial charge in [-0.25, -0.2) is 4.39 Å². The maximum atomic E-state index is 13.4. The Morgan fingerprint density at radius 3 is 2.57 bits per heavy atom. The zero-order chi connectivity index (χ0) is 19.5. The average Bonchev–Trinajstić information content (AvgIpc) is 3.37. The van der Waals surface area contributed by atoms with Gasteiger partial charge in [-0.05, 0) is 48.0 Å². The molecule has 8 heteroatoms. The molecule has 2 heterocycles. The first-order valence-electron chi connectivity index (χ1n) is 8.39. The van der Waals surface area contributed by atoms with Gasteiger partial charge in [0.15, 0.2) is 10.9 Å². The molecule has 0 aliphatic heterocycles. The van der Waals surface area contributed by atoms with Gasteiger partial charge >= 0.3 is 0 Å². The number of nitrogens with zero attached hydrogens (tertiary/aromatic N) is 3. The zero-order valence-corrected chi connectivity index (χ0v) is 15.4. The fraction of sp³-hybridized carbons (Fsp3) is 0.0500. The maximum absolute atomic E-state index is 13.4. The van der Waals surface area contributed by atoms with Crippen molar-refractivity contribution in [3.63, 3.8) is 0 Å². The SMILES string of the molecule is NC(=O)c1ccccc1CSc1nnc(-c2ccco2)n1-c1ccc(F)cc1. The molecule has 4 aromatic rings. The topological polar surface area (TPSA) is 86.9 Å². The number of primary amides is 1. The van der Waals surface area contributed by atoms with Gasteiger partial charge in [0, 0.05) is 11.3 Å². The lowest BCUT2D eigenvalue weighted by Crippen LogP contribution is -2.13. The van der Waals surface area contributed by atoms with E-state index in [1.54, 1.807) is 47.2 Å². The molecule has 2 aromatic carbocycles. The van der Waals surface area contributed by atoms with Crippen LogP contribution in [0, 0.1) is 5.82 Å². The molecule has 0 aliphatic rings. The summed E-state index contributed by atoms with van der Waals surface area (Å²) in [4.78, 5) is 11.6. The first-order chi connectivity index (χ1) is 13.6. The van der Waals surface area contributed by atoms with Crippen LogP contribution in [0.15, 0.2) is 76.5 Å². The van der Waals surface area contributed by atoms with Gasteiger partial charge < -0.3 is 10.2 Å². The zero-order valence-electron chi connectivity index (χ0n) is 14.6. The van der Waals surface area contributed by atoms with Crippen LogP contribution in [-0.2, 0) is 5.75 Å². The van der Waals surface area contributed by atoms with Crippen molar-refractivity contribution in [1.29, 1.82) is 0 Å². The summed E-state index contributed by atoms with van der Waals surface area (Å²) in [6.07, 6.45) is 1.55. The number of benzene rings is 2. The van der Waals surface area contributed by atoms with E-state index in [9.17, 15) is 9.18 Å². The molecule has 0 unspecified atom stereocenters. The van der Waals surface area contributed by atoms with Gasteiger partial charge in [-0.15, -0.1) is 10.2 Å². The van der Waals surface area contributed by atoms with Crippen LogP contribution >= 0.6 is 11.8 Å². The third kappa shape index (κ3) is 3.54. The lowest BCUT2D eigenvalue weighted by atomic mass is 10.1. The Hall–Kier alpha value is -3.39. The number of hydrogen-bond acceptors (Lipinski definition) is 5. The Labute approximate surface area is 164 Å². The third-order valence-corrected chi connectivity index (χ3v) is 5.08. The number of halogens is 1. The molecule has 140 valence electrons. The number of amides is 1. The highest BCUT2D eigenvalue weighted by Gasteiger charge is 2.19. The first-order valence-corrected chi connectivity index (χ1v) is 9.38. The smallest absolute Gasteiger partial charge is 0.249 e. The van der Waals surface area contributed by atoms with Crippen molar-refractivity contribution in [2.45, 2.75) is 10.9 Å². The van der Waals surface area contributed by atoms with E-state index in [4.69, 9.17) is 10.2 Å². The van der Waals surface area contributed by atoms with Crippen molar-refractivity contribution in [1.82, 2.24) is 14.8 Å². The Balaban J connectivity index is 1.72. The van der Waals surface area contributed by atoms with Crippen molar-refractivity contribution in [2.75, 3.05) is 0 Å². The van der Waals surface area contributed by atoms with Crippen molar-refractivity contribution in [3.8, 4) is 17.3 Å². The molecule has 0 bridgehead atoms. The normalized spacial score (nSPS) is 10.9. The average molecular weight is 394 g/mol. The van der Waals surface area contributed by atoms with E-state index in [2.05, 4.69) is 10.2 Å². The van der Waals surface area contributed by atoms with E-state index >= 15 is 0 Å². The van der Waals surface area contributed by atoms with Crippen molar-refractivity contribution in [2.24, 2.45) is 5.73 Å². The summed E-state index contributed by atoms with van der Waals surface area (Å²) in [5.41, 5.74) is 7.42. The molecule has 6 nitrogen and oxygen atoms in total. The van der Waals surface area contributed by atoms with E-state index in [-0.39, 0.29) is 5.82 Å². The number of carbonyl (C=O) groups excluding carboxylic acids is 1. The van der Waals surface area contributed by atoms with E-state index in [1.807, 2.05) is 12.1 Å². The first kappa shape index (κ1) is 18.0. The molecule has 0 radical (unpaired) electrons. The van der Waals surface area contributed by atoms with Gasteiger partial charge in [-0.2, -0.15) is 0 Å². The van der Waals surface area contributed by atoms with Gasteiger partial charge in [-0.3, -0.25) is 9.36 Å². The summed E-state index contributed by atoms with van der Waals surface area (Å²) in [5, 5.41) is 9.09. The summed E-state index contributed by atoms with van der Waals surface area (Å²) in [5.74, 6) is 0.702. The predicted octanol–water partition coefficient (Wildman–Crippen LogP) is 4.06. The number of aromatic nitrogens is 3. The van der Waals surface area contributed by atoms with Gasteiger partial charge in [0.05, 0.1) is 12.0 Å². The van der Waals surface area contributed by atoms with Crippen LogP contribution in [0.2, 0.25) is 0 Å². The second-order valence-electron chi connectivity index (χ2n) is 5.91. The summed E-state index contributed by atoms with van der Waals surface area (Å²) in [7, 11) is 0. The quantitative estimate of drug-likeness (QED) is 0.499. The third-order valence-electron chi connectivity index (χ3n) is 4.10. The lowest BCUT2D eigenvalue weighted by Gasteiger charge is -2.10. The number of rotatable bonds is 6. The minimum absolute atomic E-state index is 0.332. The molecule has 4 rings (SSSR count). The molecule has 2 N–H and O–H groups in total. The van der Waals surface area contributed by atoms with Gasteiger partial charge in [-0.1, -0.05) is 30.0 Å². The highest BCUT2D eigenvalue weighted by molar-refractivity contribution is 7.98. The summed E-state index contributed by atoms with van der Waals surface area (Å²) in [6, 6.07) is 16.7. The van der Waals surface area contributed by atoms with Crippen molar-refractivity contribution in [3.05, 3.63) is 83.9 Å². The highest BCUT2D eigenvalue weighted by atomic mass is 32.2. The minimum Gasteiger partial charge on any atom is -0.461 e. The minimum atomic E-state index is -0.479. The fourth-order valence-corrected chi connectivity index (χ4v) is 3.74. The molecule has 0 fully saturated rings. The summed E-state index contributed by atoms with van der Waals surface area (Å²) in [6.45, 7) is 0. The van der Waals surface area contributed by atoms with Crippen molar-refractivity contribution >= 4 is 17.7 Å². The molecular weight excluding hydrogens is 379 g/mol. The number of carbonyl (C=O) groups is 1. The van der Waals surface area contributed by atoms with Crippen LogP contribution in [0.25, 0.3) is 17.3 Å². The van der Waals surface area contributed by atoms with Gasteiger partial charge in [0.25, 0.3) is 0 Å². The van der Waals surface area contributed by atoms with Gasteiger partial charge in [0.1, 0.15) is 5.82 Å². The van der Waals surface area contributed by atoms with Crippen LogP contribution in [-0.4, -0.2) is 20.7 Å². The van der Waals surface area contributed by atoms with Crippen LogP contribution in [0.1, 0.15) is 15.9 Å². The van der Waals surface area contributed by atoms with E-state index < -0.39 is 5.91 Å². The molecule has 0 atom stereocenters. The summed E-state index contributed by atoms with van der Waals surface area (Å²) >= 11 is 1.40. The monoisotopic (exact) mass is 394 g/mol. The van der Waals surface area contributed by atoms with E-state index in [0.29, 0.717) is 33.7 Å². The van der Waals surface area contributed by atoms with Crippen molar-refractivity contribution < 1.29 is 13.6 Å². The number of hydrogen-bond donors (Lipinski definition) is 1. The molecule has 2 aromatic heterocycles. The largest absolute Gasteiger partial charge is 0.461 e. The molecule has 0 aliphatic carbocycles. The Bertz CT molecular complexity index is 1110. The second-order valence-corrected chi connectivity index (χ2v) is 6.85. The predicted molar refractivity (Wildman–Crippen MR) is 104 cm³/mol.